The van der Waals surface area contributed by atoms with Crippen LogP contribution in [-0.4, -0.2) is 22.1 Å². The lowest BCUT2D eigenvalue weighted by Gasteiger charge is -2.04. The van der Waals surface area contributed by atoms with Gasteiger partial charge in [0.2, 0.25) is 12.7 Å². The first-order chi connectivity index (χ1) is 15.1. The minimum atomic E-state index is -0.240. The molecule has 1 N–H and O–H groups in total. The van der Waals surface area contributed by atoms with Gasteiger partial charge in [-0.05, 0) is 49.8 Å². The molecule has 0 atom stereocenters. The molecule has 3 heterocycles. The van der Waals surface area contributed by atoms with Gasteiger partial charge >= 0.3 is 0 Å². The largest absolute Gasteiger partial charge is 0.454 e. The molecule has 1 aliphatic rings. The van der Waals surface area contributed by atoms with E-state index in [-0.39, 0.29) is 12.7 Å². The molecule has 0 fully saturated rings. The predicted octanol–water partition coefficient (Wildman–Crippen LogP) is 5.00. The van der Waals surface area contributed by atoms with Gasteiger partial charge in [-0.15, -0.1) is 0 Å². The van der Waals surface area contributed by atoms with E-state index >= 15 is 0 Å². The third kappa shape index (κ3) is 3.75. The number of fused-ring (bicyclic) bond motifs is 2. The van der Waals surface area contributed by atoms with Crippen molar-refractivity contribution in [2.45, 2.75) is 13.8 Å². The zero-order valence-electron chi connectivity index (χ0n) is 17.3. The van der Waals surface area contributed by atoms with Crippen LogP contribution in [0.3, 0.4) is 0 Å². The highest BCUT2D eigenvalue weighted by atomic mass is 16.7. The second-order valence-corrected chi connectivity index (χ2v) is 7.53. The fourth-order valence-electron chi connectivity index (χ4n) is 3.56. The van der Waals surface area contributed by atoms with Crippen LogP contribution in [-0.2, 0) is 4.79 Å². The quantitative estimate of drug-likeness (QED) is 0.480. The number of aromatic nitrogens is 2. The van der Waals surface area contributed by atoms with Crippen molar-refractivity contribution in [2.24, 2.45) is 0 Å². The first-order valence-electron chi connectivity index (χ1n) is 10.0. The number of benzene rings is 2. The smallest absolute Gasteiger partial charge is 0.248 e. The van der Waals surface area contributed by atoms with Crippen molar-refractivity contribution in [3.8, 4) is 22.8 Å². The molecule has 0 aliphatic carbocycles. The Morgan fingerprint density at radius 1 is 1.00 bits per heavy atom. The molecule has 0 saturated heterocycles. The number of aryl methyl sites for hydroxylation is 2. The van der Waals surface area contributed by atoms with Gasteiger partial charge in [-0.1, -0.05) is 29.8 Å². The maximum Gasteiger partial charge on any atom is 0.248 e. The monoisotopic (exact) mass is 411 g/mol. The van der Waals surface area contributed by atoms with E-state index in [4.69, 9.17) is 14.5 Å². The number of amides is 1. The summed E-state index contributed by atoms with van der Waals surface area (Å²) in [4.78, 5) is 17.4. The van der Waals surface area contributed by atoms with Crippen molar-refractivity contribution in [1.82, 2.24) is 9.38 Å². The number of imidazole rings is 1. The minimum absolute atomic E-state index is 0.197. The van der Waals surface area contributed by atoms with Crippen molar-refractivity contribution in [2.75, 3.05) is 12.1 Å². The van der Waals surface area contributed by atoms with E-state index in [0.29, 0.717) is 17.2 Å². The summed E-state index contributed by atoms with van der Waals surface area (Å²) in [6, 6.07) is 17.6. The molecule has 0 unspecified atom stereocenters. The molecule has 5 rings (SSSR count). The summed E-state index contributed by atoms with van der Waals surface area (Å²) in [6.45, 7) is 4.29. The molecule has 0 saturated carbocycles. The zero-order valence-corrected chi connectivity index (χ0v) is 17.3. The summed E-state index contributed by atoms with van der Waals surface area (Å²) in [6.07, 6.45) is 5.29. The van der Waals surface area contributed by atoms with Gasteiger partial charge in [-0.3, -0.25) is 9.20 Å². The van der Waals surface area contributed by atoms with Gasteiger partial charge in [0.05, 0.1) is 11.4 Å². The first-order valence-corrected chi connectivity index (χ1v) is 10.0. The molecule has 6 nitrogen and oxygen atoms in total. The van der Waals surface area contributed by atoms with Crippen LogP contribution in [0.2, 0.25) is 0 Å². The lowest BCUT2D eigenvalue weighted by molar-refractivity contribution is -0.111. The number of hydrogen-bond donors (Lipinski definition) is 1. The molecular weight excluding hydrogens is 390 g/mol. The summed E-state index contributed by atoms with van der Waals surface area (Å²) in [7, 11) is 0. The minimum Gasteiger partial charge on any atom is -0.454 e. The normalized spacial score (nSPS) is 12.6. The number of nitrogens with zero attached hydrogens (tertiary/aromatic N) is 2. The van der Waals surface area contributed by atoms with Crippen molar-refractivity contribution in [1.29, 1.82) is 0 Å². The van der Waals surface area contributed by atoms with E-state index in [1.807, 2.05) is 41.8 Å². The molecule has 154 valence electrons. The molecule has 4 aromatic rings. The highest BCUT2D eigenvalue weighted by molar-refractivity contribution is 6.02. The van der Waals surface area contributed by atoms with Crippen LogP contribution in [0.25, 0.3) is 23.0 Å². The van der Waals surface area contributed by atoms with E-state index in [2.05, 4.69) is 24.4 Å². The zero-order chi connectivity index (χ0) is 21.4. The Labute approximate surface area is 179 Å². The number of nitrogens with one attached hydrogen (secondary N) is 1. The number of ether oxygens (including phenoxy) is 2. The Morgan fingerprint density at radius 2 is 1.81 bits per heavy atom. The van der Waals surface area contributed by atoms with Gasteiger partial charge in [0.1, 0.15) is 5.65 Å². The Balaban J connectivity index is 1.47. The van der Waals surface area contributed by atoms with Crippen molar-refractivity contribution >= 4 is 23.3 Å². The highest BCUT2D eigenvalue weighted by Gasteiger charge is 2.15. The van der Waals surface area contributed by atoms with Crippen molar-refractivity contribution < 1.29 is 14.3 Å². The molecule has 2 aromatic carbocycles. The molecule has 0 radical (unpaired) electrons. The Kier molecular flexibility index (Phi) is 4.67. The van der Waals surface area contributed by atoms with Crippen LogP contribution in [0, 0.1) is 13.8 Å². The molecule has 1 amide bonds. The number of carbonyl (C=O) groups is 1. The van der Waals surface area contributed by atoms with Crippen molar-refractivity contribution in [3.05, 3.63) is 83.7 Å². The van der Waals surface area contributed by atoms with Crippen LogP contribution < -0.4 is 14.8 Å². The summed E-state index contributed by atoms with van der Waals surface area (Å²) in [5, 5.41) is 2.87. The van der Waals surface area contributed by atoms with Gasteiger partial charge in [0.15, 0.2) is 11.5 Å². The first kappa shape index (κ1) is 18.9. The van der Waals surface area contributed by atoms with Gasteiger partial charge in [-0.25, -0.2) is 4.98 Å². The summed E-state index contributed by atoms with van der Waals surface area (Å²) in [5.74, 6) is 1.06. The molecule has 1 aliphatic heterocycles. The molecule has 2 aromatic heterocycles. The molecule has 0 spiro atoms. The molecular formula is C25H21N3O3. The summed E-state index contributed by atoms with van der Waals surface area (Å²) < 4.78 is 12.7. The fourth-order valence-corrected chi connectivity index (χ4v) is 3.56. The SMILES string of the molecule is Cc1ccc(-c2nc3cc(C)ccn3c2/C=C/C(=O)Nc2ccc3c(c2)OCO3)cc1. The highest BCUT2D eigenvalue weighted by Crippen LogP contribution is 2.34. The number of hydrogen-bond acceptors (Lipinski definition) is 4. The Morgan fingerprint density at radius 3 is 2.65 bits per heavy atom. The maximum absolute atomic E-state index is 12.6. The number of anilines is 1. The van der Waals surface area contributed by atoms with Crippen LogP contribution in [0.4, 0.5) is 5.69 Å². The molecule has 6 heteroatoms. The molecule has 0 bridgehead atoms. The summed E-state index contributed by atoms with van der Waals surface area (Å²) in [5.41, 5.74) is 6.48. The standard InChI is InChI=1S/C25H21N3O3/c1-16-3-5-18(6-4-16)25-20(28-12-11-17(2)13-23(28)27-25)8-10-24(29)26-19-7-9-21-22(14-19)31-15-30-21/h3-14H,15H2,1-2H3,(H,26,29)/b10-8+. The van der Waals surface area contributed by atoms with Crippen LogP contribution >= 0.6 is 0 Å². The van der Waals surface area contributed by atoms with E-state index in [0.717, 1.165) is 28.2 Å². The number of pyridine rings is 1. The lowest BCUT2D eigenvalue weighted by Crippen LogP contribution is -2.07. The van der Waals surface area contributed by atoms with Gasteiger partial charge in [0.25, 0.3) is 0 Å². The predicted molar refractivity (Wildman–Crippen MR) is 120 cm³/mol. The fraction of sp³-hybridized carbons (Fsp3) is 0.120. The number of carbonyl (C=O) groups excluding carboxylic acids is 1. The maximum atomic E-state index is 12.6. The Bertz CT molecular complexity index is 1320. The van der Waals surface area contributed by atoms with E-state index < -0.39 is 0 Å². The summed E-state index contributed by atoms with van der Waals surface area (Å²) >= 11 is 0. The van der Waals surface area contributed by atoms with E-state index in [1.54, 1.807) is 24.3 Å². The topological polar surface area (TPSA) is 64.9 Å². The lowest BCUT2D eigenvalue weighted by atomic mass is 10.1. The van der Waals surface area contributed by atoms with Crippen LogP contribution in [0.15, 0.2) is 66.9 Å². The van der Waals surface area contributed by atoms with Crippen LogP contribution in [0.1, 0.15) is 16.8 Å². The van der Waals surface area contributed by atoms with Gasteiger partial charge in [0, 0.05) is 29.6 Å². The van der Waals surface area contributed by atoms with Gasteiger partial charge < -0.3 is 14.8 Å². The van der Waals surface area contributed by atoms with E-state index in [9.17, 15) is 4.79 Å². The number of rotatable bonds is 4. The molecule has 31 heavy (non-hydrogen) atoms. The third-order valence-electron chi connectivity index (χ3n) is 5.18. The van der Waals surface area contributed by atoms with E-state index in [1.165, 1.54) is 11.6 Å². The second-order valence-electron chi connectivity index (χ2n) is 7.53. The van der Waals surface area contributed by atoms with Crippen LogP contribution in [0.5, 0.6) is 11.5 Å². The third-order valence-corrected chi connectivity index (χ3v) is 5.18. The second kappa shape index (κ2) is 7.65. The average molecular weight is 411 g/mol. The van der Waals surface area contributed by atoms with Gasteiger partial charge in [-0.2, -0.15) is 0 Å². The average Bonchev–Trinajstić information content (AvgIpc) is 3.36. The Hall–Kier alpha value is -4.06. The van der Waals surface area contributed by atoms with Crippen molar-refractivity contribution in [3.63, 3.8) is 0 Å².